The van der Waals surface area contributed by atoms with Crippen LogP contribution >= 0.6 is 11.6 Å². The minimum absolute atomic E-state index is 0.0484. The molecule has 5 heteroatoms. The fraction of sp³-hybridized carbons (Fsp3) is 0.316. The smallest absolute Gasteiger partial charge is 0.238 e. The van der Waals surface area contributed by atoms with Crippen molar-refractivity contribution in [2.45, 2.75) is 13.5 Å². The molecule has 0 aliphatic rings. The Morgan fingerprint density at radius 2 is 1.75 bits per heavy atom. The summed E-state index contributed by atoms with van der Waals surface area (Å²) in [4.78, 5) is 16.3. The van der Waals surface area contributed by atoms with Gasteiger partial charge in [-0.3, -0.25) is 9.69 Å². The molecule has 0 aliphatic carbocycles. The van der Waals surface area contributed by atoms with Crippen molar-refractivity contribution < 1.29 is 4.79 Å². The van der Waals surface area contributed by atoms with Crippen molar-refractivity contribution in [1.82, 2.24) is 4.90 Å². The maximum Gasteiger partial charge on any atom is 0.238 e. The first-order valence-electron chi connectivity index (χ1n) is 7.86. The Hall–Kier alpha value is -2.04. The van der Waals surface area contributed by atoms with E-state index in [-0.39, 0.29) is 5.91 Å². The molecule has 0 atom stereocenters. The number of rotatable bonds is 6. The third-order valence-electron chi connectivity index (χ3n) is 3.79. The highest BCUT2D eigenvalue weighted by Crippen LogP contribution is 2.20. The first-order chi connectivity index (χ1) is 11.3. The van der Waals surface area contributed by atoms with E-state index in [2.05, 4.69) is 34.5 Å². The average molecular weight is 346 g/mol. The number of aryl methyl sites for hydroxylation is 1. The van der Waals surface area contributed by atoms with Crippen LogP contribution in [0.3, 0.4) is 0 Å². The molecule has 0 radical (unpaired) electrons. The molecule has 0 saturated heterocycles. The summed E-state index contributed by atoms with van der Waals surface area (Å²) in [5.41, 5.74) is 4.09. The van der Waals surface area contributed by atoms with Gasteiger partial charge in [0.05, 0.1) is 6.54 Å². The molecule has 2 rings (SSSR count). The lowest BCUT2D eigenvalue weighted by Crippen LogP contribution is -2.30. The van der Waals surface area contributed by atoms with E-state index in [4.69, 9.17) is 11.6 Å². The average Bonchev–Trinajstić information content (AvgIpc) is 2.51. The van der Waals surface area contributed by atoms with Crippen LogP contribution in [0.1, 0.15) is 11.1 Å². The highest BCUT2D eigenvalue weighted by Gasteiger charge is 2.09. The predicted octanol–water partition coefficient (Wildman–Crippen LogP) is 3.78. The Kier molecular flexibility index (Phi) is 6.23. The summed E-state index contributed by atoms with van der Waals surface area (Å²) in [5.74, 6) is -0.0484. The first-order valence-corrected chi connectivity index (χ1v) is 8.24. The van der Waals surface area contributed by atoms with Gasteiger partial charge in [0.1, 0.15) is 0 Å². The molecule has 0 saturated carbocycles. The van der Waals surface area contributed by atoms with Crippen LogP contribution < -0.4 is 10.2 Å². The third kappa shape index (κ3) is 5.25. The van der Waals surface area contributed by atoms with Crippen molar-refractivity contribution in [3.63, 3.8) is 0 Å². The zero-order valence-electron chi connectivity index (χ0n) is 14.6. The monoisotopic (exact) mass is 345 g/mol. The van der Waals surface area contributed by atoms with Gasteiger partial charge in [-0.15, -0.1) is 0 Å². The van der Waals surface area contributed by atoms with E-state index in [0.717, 1.165) is 23.5 Å². The van der Waals surface area contributed by atoms with Gasteiger partial charge < -0.3 is 10.2 Å². The van der Waals surface area contributed by atoms with E-state index in [9.17, 15) is 4.79 Å². The molecule has 1 N–H and O–H groups in total. The van der Waals surface area contributed by atoms with E-state index < -0.39 is 0 Å². The number of amides is 1. The van der Waals surface area contributed by atoms with E-state index in [0.29, 0.717) is 11.6 Å². The Balaban J connectivity index is 1.90. The minimum atomic E-state index is -0.0484. The van der Waals surface area contributed by atoms with Gasteiger partial charge in [-0.1, -0.05) is 29.8 Å². The van der Waals surface area contributed by atoms with E-state index in [1.165, 1.54) is 5.56 Å². The van der Waals surface area contributed by atoms with Crippen molar-refractivity contribution in [3.8, 4) is 0 Å². The summed E-state index contributed by atoms with van der Waals surface area (Å²) in [7, 11) is 5.97. The van der Waals surface area contributed by atoms with Gasteiger partial charge in [-0.25, -0.2) is 0 Å². The SMILES string of the molecule is Cc1ccc(Cl)cc1NC(=O)CN(C)Cc1ccc(N(C)C)cc1. The number of carbonyl (C=O) groups excluding carboxylic acids is 1. The quantitative estimate of drug-likeness (QED) is 0.865. The van der Waals surface area contributed by atoms with Gasteiger partial charge >= 0.3 is 0 Å². The van der Waals surface area contributed by atoms with Crippen LogP contribution in [0.25, 0.3) is 0 Å². The molecule has 4 nitrogen and oxygen atoms in total. The topological polar surface area (TPSA) is 35.6 Å². The molecule has 0 unspecified atom stereocenters. The Labute approximate surface area is 149 Å². The molecule has 2 aromatic rings. The third-order valence-corrected chi connectivity index (χ3v) is 4.03. The lowest BCUT2D eigenvalue weighted by atomic mass is 10.2. The highest BCUT2D eigenvalue weighted by atomic mass is 35.5. The number of hydrogen-bond acceptors (Lipinski definition) is 3. The second kappa shape index (κ2) is 8.18. The van der Waals surface area contributed by atoms with Gasteiger partial charge in [0.15, 0.2) is 0 Å². The molecular weight excluding hydrogens is 322 g/mol. The maximum atomic E-state index is 12.2. The normalized spacial score (nSPS) is 10.8. The maximum absolute atomic E-state index is 12.2. The zero-order chi connectivity index (χ0) is 17.7. The van der Waals surface area contributed by atoms with Crippen LogP contribution in [0.5, 0.6) is 0 Å². The Morgan fingerprint density at radius 3 is 2.38 bits per heavy atom. The molecular formula is C19H24ClN3O. The van der Waals surface area contributed by atoms with Gasteiger partial charge in [0.2, 0.25) is 5.91 Å². The molecule has 0 heterocycles. The van der Waals surface area contributed by atoms with Gasteiger partial charge in [-0.2, -0.15) is 0 Å². The first kappa shape index (κ1) is 18.3. The molecule has 0 fully saturated rings. The minimum Gasteiger partial charge on any atom is -0.378 e. The molecule has 1 amide bonds. The van der Waals surface area contributed by atoms with E-state index >= 15 is 0 Å². The standard InChI is InChI=1S/C19H24ClN3O/c1-14-5-8-16(20)11-18(14)21-19(24)13-23(4)12-15-6-9-17(10-7-15)22(2)3/h5-11H,12-13H2,1-4H3,(H,21,24). The highest BCUT2D eigenvalue weighted by molar-refractivity contribution is 6.31. The van der Waals surface area contributed by atoms with Crippen LogP contribution in [0.15, 0.2) is 42.5 Å². The van der Waals surface area contributed by atoms with Crippen molar-refractivity contribution >= 4 is 28.9 Å². The second-order valence-corrected chi connectivity index (χ2v) is 6.68. The van der Waals surface area contributed by atoms with E-state index in [1.807, 2.05) is 45.1 Å². The summed E-state index contributed by atoms with van der Waals surface area (Å²) >= 11 is 5.98. The van der Waals surface area contributed by atoms with Crippen LogP contribution in [-0.4, -0.2) is 38.5 Å². The molecule has 2 aromatic carbocycles. The van der Waals surface area contributed by atoms with Crippen LogP contribution in [0, 0.1) is 6.92 Å². The van der Waals surface area contributed by atoms with Crippen molar-refractivity contribution in [3.05, 3.63) is 58.6 Å². The van der Waals surface area contributed by atoms with Crippen molar-refractivity contribution in [1.29, 1.82) is 0 Å². The number of nitrogens with zero attached hydrogens (tertiary/aromatic N) is 2. The molecule has 0 spiro atoms. The van der Waals surface area contributed by atoms with Crippen molar-refractivity contribution in [2.75, 3.05) is 37.9 Å². The molecule has 0 aliphatic heterocycles. The number of anilines is 2. The summed E-state index contributed by atoms with van der Waals surface area (Å²) < 4.78 is 0. The fourth-order valence-corrected chi connectivity index (χ4v) is 2.60. The van der Waals surface area contributed by atoms with Crippen LogP contribution in [-0.2, 0) is 11.3 Å². The lowest BCUT2D eigenvalue weighted by Gasteiger charge is -2.18. The number of likely N-dealkylation sites (N-methyl/N-ethyl adjacent to an activating group) is 1. The summed E-state index contributed by atoms with van der Waals surface area (Å²) in [6.45, 7) is 2.99. The largest absolute Gasteiger partial charge is 0.378 e. The van der Waals surface area contributed by atoms with Gasteiger partial charge in [0, 0.05) is 37.0 Å². The summed E-state index contributed by atoms with van der Waals surface area (Å²) in [6.07, 6.45) is 0. The molecule has 128 valence electrons. The Bertz CT molecular complexity index is 698. The van der Waals surface area contributed by atoms with E-state index in [1.54, 1.807) is 6.07 Å². The Morgan fingerprint density at radius 1 is 1.08 bits per heavy atom. The molecule has 24 heavy (non-hydrogen) atoms. The van der Waals surface area contributed by atoms with Gasteiger partial charge in [0.25, 0.3) is 0 Å². The van der Waals surface area contributed by atoms with Crippen molar-refractivity contribution in [2.24, 2.45) is 0 Å². The molecule has 0 aromatic heterocycles. The number of carbonyl (C=O) groups is 1. The summed E-state index contributed by atoms with van der Waals surface area (Å²) in [5, 5.41) is 3.54. The number of benzene rings is 2. The summed E-state index contributed by atoms with van der Waals surface area (Å²) in [6, 6.07) is 13.8. The second-order valence-electron chi connectivity index (χ2n) is 6.24. The van der Waals surface area contributed by atoms with Crippen LogP contribution in [0.2, 0.25) is 5.02 Å². The number of halogens is 1. The fourth-order valence-electron chi connectivity index (χ4n) is 2.43. The number of nitrogens with one attached hydrogen (secondary N) is 1. The molecule has 0 bridgehead atoms. The van der Waals surface area contributed by atoms with Gasteiger partial charge in [-0.05, 0) is 49.4 Å². The number of hydrogen-bond donors (Lipinski definition) is 1. The zero-order valence-corrected chi connectivity index (χ0v) is 15.4. The lowest BCUT2D eigenvalue weighted by molar-refractivity contribution is -0.117. The van der Waals surface area contributed by atoms with Crippen LogP contribution in [0.4, 0.5) is 11.4 Å². The predicted molar refractivity (Wildman–Crippen MR) is 102 cm³/mol.